The predicted molar refractivity (Wildman–Crippen MR) is 59.9 cm³/mol. The summed E-state index contributed by atoms with van der Waals surface area (Å²) < 4.78 is 5.36. The van der Waals surface area contributed by atoms with Gasteiger partial charge in [-0.15, -0.1) is 0 Å². The van der Waals surface area contributed by atoms with Gasteiger partial charge in [0.05, 0.1) is 0 Å². The van der Waals surface area contributed by atoms with E-state index < -0.39 is 0 Å². The summed E-state index contributed by atoms with van der Waals surface area (Å²) >= 11 is 0. The SMILES string of the molecule is CCN(CC)C(=O)COc1ccccc1. The minimum atomic E-state index is 0.0313. The van der Waals surface area contributed by atoms with Crippen LogP contribution < -0.4 is 4.74 Å². The topological polar surface area (TPSA) is 29.5 Å². The van der Waals surface area contributed by atoms with Crippen LogP contribution in [-0.4, -0.2) is 30.5 Å². The van der Waals surface area contributed by atoms with Crippen LogP contribution in [0.25, 0.3) is 0 Å². The van der Waals surface area contributed by atoms with E-state index in [4.69, 9.17) is 4.74 Å². The summed E-state index contributed by atoms with van der Waals surface area (Å²) in [6.07, 6.45) is 0. The molecule has 1 amide bonds. The molecular weight excluding hydrogens is 190 g/mol. The highest BCUT2D eigenvalue weighted by molar-refractivity contribution is 5.77. The number of nitrogens with zero attached hydrogens (tertiary/aromatic N) is 1. The molecule has 3 heteroatoms. The number of hydrogen-bond acceptors (Lipinski definition) is 2. The number of hydrogen-bond donors (Lipinski definition) is 0. The number of likely N-dealkylation sites (N-methyl/N-ethyl adjacent to an activating group) is 1. The van der Waals surface area contributed by atoms with E-state index in [1.807, 2.05) is 44.2 Å². The van der Waals surface area contributed by atoms with Gasteiger partial charge in [0.1, 0.15) is 5.75 Å². The average molecular weight is 207 g/mol. The van der Waals surface area contributed by atoms with E-state index in [1.165, 1.54) is 0 Å². The van der Waals surface area contributed by atoms with Crippen LogP contribution in [0.4, 0.5) is 0 Å². The first kappa shape index (κ1) is 11.6. The van der Waals surface area contributed by atoms with Crippen molar-refractivity contribution in [1.29, 1.82) is 0 Å². The third-order valence-electron chi connectivity index (χ3n) is 2.22. The first-order valence-corrected chi connectivity index (χ1v) is 5.23. The lowest BCUT2D eigenvalue weighted by atomic mass is 10.3. The molecule has 0 aromatic heterocycles. The average Bonchev–Trinajstić information content (AvgIpc) is 2.29. The monoisotopic (exact) mass is 207 g/mol. The normalized spacial score (nSPS) is 9.73. The Morgan fingerprint density at radius 2 is 1.80 bits per heavy atom. The molecule has 0 atom stereocenters. The van der Waals surface area contributed by atoms with Gasteiger partial charge in [0.15, 0.2) is 6.61 Å². The molecule has 0 saturated carbocycles. The molecule has 0 aliphatic carbocycles. The molecule has 0 spiro atoms. The van der Waals surface area contributed by atoms with Gasteiger partial charge in [-0.1, -0.05) is 18.2 Å². The third kappa shape index (κ3) is 3.62. The Labute approximate surface area is 90.7 Å². The number of para-hydroxylation sites is 1. The van der Waals surface area contributed by atoms with Crippen molar-refractivity contribution in [3.05, 3.63) is 30.3 Å². The zero-order valence-corrected chi connectivity index (χ0v) is 9.27. The molecule has 0 aliphatic heterocycles. The van der Waals surface area contributed by atoms with Crippen molar-refractivity contribution in [2.75, 3.05) is 19.7 Å². The fourth-order valence-corrected chi connectivity index (χ4v) is 1.33. The van der Waals surface area contributed by atoms with Gasteiger partial charge in [-0.3, -0.25) is 4.79 Å². The molecule has 1 rings (SSSR count). The van der Waals surface area contributed by atoms with E-state index in [0.717, 1.165) is 18.8 Å². The number of carbonyl (C=O) groups excluding carboxylic acids is 1. The van der Waals surface area contributed by atoms with Gasteiger partial charge >= 0.3 is 0 Å². The van der Waals surface area contributed by atoms with Crippen molar-refractivity contribution in [3.8, 4) is 5.75 Å². The molecule has 0 saturated heterocycles. The van der Waals surface area contributed by atoms with Crippen molar-refractivity contribution in [2.24, 2.45) is 0 Å². The van der Waals surface area contributed by atoms with E-state index in [-0.39, 0.29) is 12.5 Å². The molecule has 0 radical (unpaired) electrons. The molecule has 1 aromatic carbocycles. The lowest BCUT2D eigenvalue weighted by Gasteiger charge is -2.18. The first-order chi connectivity index (χ1) is 7.27. The second-order valence-corrected chi connectivity index (χ2v) is 3.17. The maximum absolute atomic E-state index is 11.6. The lowest BCUT2D eigenvalue weighted by molar-refractivity contribution is -0.132. The minimum Gasteiger partial charge on any atom is -0.484 e. The number of amides is 1. The van der Waals surface area contributed by atoms with Gasteiger partial charge in [0, 0.05) is 13.1 Å². The van der Waals surface area contributed by atoms with Crippen LogP contribution in [-0.2, 0) is 4.79 Å². The number of carbonyl (C=O) groups is 1. The molecule has 0 heterocycles. The molecular formula is C12H17NO2. The van der Waals surface area contributed by atoms with Crippen molar-refractivity contribution < 1.29 is 9.53 Å². The molecule has 0 aliphatic rings. The summed E-state index contributed by atoms with van der Waals surface area (Å²) in [5.41, 5.74) is 0. The standard InChI is InChI=1S/C12H17NO2/c1-3-13(4-2)12(14)10-15-11-8-6-5-7-9-11/h5-9H,3-4,10H2,1-2H3. The summed E-state index contributed by atoms with van der Waals surface area (Å²) in [6.45, 7) is 5.50. The Morgan fingerprint density at radius 3 is 2.33 bits per heavy atom. The van der Waals surface area contributed by atoms with Gasteiger partial charge in [0.25, 0.3) is 5.91 Å². The number of benzene rings is 1. The van der Waals surface area contributed by atoms with Crippen LogP contribution >= 0.6 is 0 Å². The first-order valence-electron chi connectivity index (χ1n) is 5.23. The van der Waals surface area contributed by atoms with Gasteiger partial charge in [-0.05, 0) is 26.0 Å². The Balaban J connectivity index is 2.40. The Morgan fingerprint density at radius 1 is 1.20 bits per heavy atom. The Kier molecular flexibility index (Phi) is 4.68. The highest BCUT2D eigenvalue weighted by atomic mass is 16.5. The molecule has 3 nitrogen and oxygen atoms in total. The van der Waals surface area contributed by atoms with Gasteiger partial charge < -0.3 is 9.64 Å². The van der Waals surface area contributed by atoms with E-state index >= 15 is 0 Å². The molecule has 1 aromatic rings. The summed E-state index contributed by atoms with van der Waals surface area (Å²) in [5, 5.41) is 0. The lowest BCUT2D eigenvalue weighted by Crippen LogP contribution is -2.34. The largest absolute Gasteiger partial charge is 0.484 e. The van der Waals surface area contributed by atoms with Crippen molar-refractivity contribution in [2.45, 2.75) is 13.8 Å². The highest BCUT2D eigenvalue weighted by Gasteiger charge is 2.09. The molecule has 82 valence electrons. The smallest absolute Gasteiger partial charge is 0.260 e. The summed E-state index contributed by atoms with van der Waals surface area (Å²) in [4.78, 5) is 13.3. The van der Waals surface area contributed by atoms with Crippen molar-refractivity contribution in [3.63, 3.8) is 0 Å². The third-order valence-corrected chi connectivity index (χ3v) is 2.22. The van der Waals surface area contributed by atoms with Gasteiger partial charge in [-0.2, -0.15) is 0 Å². The van der Waals surface area contributed by atoms with Crippen molar-refractivity contribution in [1.82, 2.24) is 4.90 Å². The fraction of sp³-hybridized carbons (Fsp3) is 0.417. The molecule has 15 heavy (non-hydrogen) atoms. The molecule has 0 unspecified atom stereocenters. The van der Waals surface area contributed by atoms with Crippen LogP contribution in [0.5, 0.6) is 5.75 Å². The summed E-state index contributed by atoms with van der Waals surface area (Å²) in [6, 6.07) is 9.37. The second-order valence-electron chi connectivity index (χ2n) is 3.17. The van der Waals surface area contributed by atoms with E-state index in [9.17, 15) is 4.79 Å². The van der Waals surface area contributed by atoms with E-state index in [0.29, 0.717) is 0 Å². The minimum absolute atomic E-state index is 0.0313. The number of ether oxygens (including phenoxy) is 1. The van der Waals surface area contributed by atoms with Crippen LogP contribution in [0.3, 0.4) is 0 Å². The molecule has 0 bridgehead atoms. The van der Waals surface area contributed by atoms with Crippen LogP contribution in [0.2, 0.25) is 0 Å². The Hall–Kier alpha value is -1.51. The molecule has 0 N–H and O–H groups in total. The summed E-state index contributed by atoms with van der Waals surface area (Å²) in [5.74, 6) is 0.766. The fourth-order valence-electron chi connectivity index (χ4n) is 1.33. The Bertz CT molecular complexity index is 294. The summed E-state index contributed by atoms with van der Waals surface area (Å²) in [7, 11) is 0. The quantitative estimate of drug-likeness (QED) is 0.738. The highest BCUT2D eigenvalue weighted by Crippen LogP contribution is 2.08. The molecule has 0 fully saturated rings. The van der Waals surface area contributed by atoms with E-state index in [1.54, 1.807) is 4.90 Å². The predicted octanol–water partition coefficient (Wildman–Crippen LogP) is 1.93. The maximum atomic E-state index is 11.6. The van der Waals surface area contributed by atoms with Gasteiger partial charge in [-0.25, -0.2) is 0 Å². The van der Waals surface area contributed by atoms with Gasteiger partial charge in [0.2, 0.25) is 0 Å². The van der Waals surface area contributed by atoms with Crippen LogP contribution in [0.1, 0.15) is 13.8 Å². The zero-order chi connectivity index (χ0) is 11.1. The zero-order valence-electron chi connectivity index (χ0n) is 9.27. The number of rotatable bonds is 5. The van der Waals surface area contributed by atoms with E-state index in [2.05, 4.69) is 0 Å². The maximum Gasteiger partial charge on any atom is 0.260 e. The van der Waals surface area contributed by atoms with Crippen LogP contribution in [0.15, 0.2) is 30.3 Å². The second kappa shape index (κ2) is 6.06. The van der Waals surface area contributed by atoms with Crippen LogP contribution in [0, 0.1) is 0 Å². The van der Waals surface area contributed by atoms with Crippen molar-refractivity contribution >= 4 is 5.91 Å².